The van der Waals surface area contributed by atoms with Crippen LogP contribution >= 0.6 is 0 Å². The molecule has 1 aliphatic heterocycles. The Balaban J connectivity index is 1.96. The van der Waals surface area contributed by atoms with Crippen molar-refractivity contribution in [1.29, 1.82) is 0 Å². The van der Waals surface area contributed by atoms with E-state index >= 15 is 0 Å². The minimum Gasteiger partial charge on any atom is -0.493 e. The van der Waals surface area contributed by atoms with Crippen molar-refractivity contribution in [2.45, 2.75) is 39.5 Å². The van der Waals surface area contributed by atoms with Gasteiger partial charge in [0.25, 0.3) is 5.91 Å². The van der Waals surface area contributed by atoms with E-state index in [-0.39, 0.29) is 11.8 Å². The summed E-state index contributed by atoms with van der Waals surface area (Å²) in [6.07, 6.45) is 3.44. The van der Waals surface area contributed by atoms with Crippen LogP contribution in [0, 0.1) is 5.92 Å². The predicted octanol–water partition coefficient (Wildman–Crippen LogP) is 2.85. The molecule has 132 valence electrons. The van der Waals surface area contributed by atoms with Crippen molar-refractivity contribution >= 4 is 11.8 Å². The van der Waals surface area contributed by atoms with E-state index in [9.17, 15) is 9.59 Å². The van der Waals surface area contributed by atoms with Crippen LogP contribution in [0.5, 0.6) is 5.75 Å². The number of hydrogen-bond acceptors (Lipinski definition) is 3. The summed E-state index contributed by atoms with van der Waals surface area (Å²) in [5.41, 5.74) is 0.620. The van der Waals surface area contributed by atoms with Crippen molar-refractivity contribution in [2.24, 2.45) is 5.92 Å². The van der Waals surface area contributed by atoms with Crippen LogP contribution in [0.4, 0.5) is 0 Å². The van der Waals surface area contributed by atoms with Gasteiger partial charge in [0.05, 0.1) is 12.2 Å². The van der Waals surface area contributed by atoms with E-state index in [0.717, 1.165) is 25.8 Å². The van der Waals surface area contributed by atoms with Gasteiger partial charge in [-0.25, -0.2) is 0 Å². The number of carbonyl (C=O) groups excluding carboxylic acids is 2. The molecular formula is C19H28N2O3. The molecule has 0 spiro atoms. The fourth-order valence-electron chi connectivity index (χ4n) is 3.08. The Bertz CT molecular complexity index is 559. The quantitative estimate of drug-likeness (QED) is 0.835. The number of likely N-dealkylation sites (tertiary alicyclic amines) is 1. The standard InChI is InChI=1S/C19H28N2O3/c1-3-8-18(22)20-13-15-9-7-12-21(14-15)19(23)16-10-5-6-11-17(16)24-4-2/h5-6,10-11,15H,3-4,7-9,12-14H2,1-2H3,(H,20,22)/t15-/m1/s1. The molecule has 1 aromatic carbocycles. The van der Waals surface area contributed by atoms with Gasteiger partial charge >= 0.3 is 0 Å². The molecule has 5 heteroatoms. The Morgan fingerprint density at radius 1 is 1.29 bits per heavy atom. The number of nitrogens with zero attached hydrogens (tertiary/aromatic N) is 1. The summed E-state index contributed by atoms with van der Waals surface area (Å²) >= 11 is 0. The van der Waals surface area contributed by atoms with Crippen LogP contribution in [0.3, 0.4) is 0 Å². The first-order valence-corrected chi connectivity index (χ1v) is 8.93. The summed E-state index contributed by atoms with van der Waals surface area (Å²) in [6.45, 7) is 6.55. The van der Waals surface area contributed by atoms with E-state index in [1.807, 2.05) is 43.0 Å². The number of para-hydroxylation sites is 1. The van der Waals surface area contributed by atoms with Crippen LogP contribution < -0.4 is 10.1 Å². The first kappa shape index (κ1) is 18.3. The number of piperidine rings is 1. The summed E-state index contributed by atoms with van der Waals surface area (Å²) in [5.74, 6) is 1.08. The molecule has 2 amide bonds. The lowest BCUT2D eigenvalue weighted by Crippen LogP contribution is -2.43. The van der Waals surface area contributed by atoms with Crippen LogP contribution in [-0.4, -0.2) is 43.0 Å². The maximum absolute atomic E-state index is 12.8. The number of amides is 2. The molecule has 1 atom stereocenters. The van der Waals surface area contributed by atoms with E-state index in [1.165, 1.54) is 0 Å². The Hall–Kier alpha value is -2.04. The van der Waals surface area contributed by atoms with Gasteiger partial charge in [-0.05, 0) is 44.2 Å². The summed E-state index contributed by atoms with van der Waals surface area (Å²) in [5, 5.41) is 2.98. The number of ether oxygens (including phenoxy) is 1. The normalized spacial score (nSPS) is 17.4. The molecule has 1 aromatic rings. The third kappa shape index (κ3) is 4.98. The van der Waals surface area contributed by atoms with Gasteiger partial charge in [0.1, 0.15) is 5.75 Å². The van der Waals surface area contributed by atoms with Crippen LogP contribution in [-0.2, 0) is 4.79 Å². The SMILES string of the molecule is CCCC(=O)NC[C@H]1CCCN(C(=O)c2ccccc2OCC)C1. The molecule has 0 saturated carbocycles. The van der Waals surface area contributed by atoms with E-state index < -0.39 is 0 Å². The predicted molar refractivity (Wildman–Crippen MR) is 94.2 cm³/mol. The van der Waals surface area contributed by atoms with Gasteiger partial charge in [-0.3, -0.25) is 9.59 Å². The average molecular weight is 332 g/mol. The first-order valence-electron chi connectivity index (χ1n) is 8.93. The lowest BCUT2D eigenvalue weighted by Gasteiger charge is -2.33. The largest absolute Gasteiger partial charge is 0.493 e. The zero-order chi connectivity index (χ0) is 17.4. The second-order valence-electron chi connectivity index (χ2n) is 6.24. The van der Waals surface area contributed by atoms with E-state index in [2.05, 4.69) is 5.32 Å². The molecule has 1 saturated heterocycles. The molecule has 0 aromatic heterocycles. The molecule has 0 unspecified atom stereocenters. The number of benzene rings is 1. The Labute approximate surface area is 144 Å². The van der Waals surface area contributed by atoms with E-state index in [0.29, 0.717) is 43.3 Å². The highest BCUT2D eigenvalue weighted by atomic mass is 16.5. The minimum absolute atomic E-state index is 0.0173. The summed E-state index contributed by atoms with van der Waals surface area (Å²) in [7, 11) is 0. The van der Waals surface area contributed by atoms with Crippen LogP contribution in [0.15, 0.2) is 24.3 Å². The van der Waals surface area contributed by atoms with Crippen LogP contribution in [0.1, 0.15) is 49.9 Å². The van der Waals surface area contributed by atoms with Crippen molar-refractivity contribution in [3.63, 3.8) is 0 Å². The molecule has 0 bridgehead atoms. The van der Waals surface area contributed by atoms with Crippen molar-refractivity contribution in [1.82, 2.24) is 10.2 Å². The van der Waals surface area contributed by atoms with Crippen LogP contribution in [0.2, 0.25) is 0 Å². The summed E-state index contributed by atoms with van der Waals surface area (Å²) in [4.78, 5) is 26.4. The average Bonchev–Trinajstić information content (AvgIpc) is 2.61. The Kier molecular flexibility index (Phi) is 7.09. The number of rotatable bonds is 7. The summed E-state index contributed by atoms with van der Waals surface area (Å²) < 4.78 is 5.58. The third-order valence-corrected chi connectivity index (χ3v) is 4.29. The minimum atomic E-state index is 0.0173. The van der Waals surface area contributed by atoms with Gasteiger partial charge in [-0.1, -0.05) is 19.1 Å². The molecular weight excluding hydrogens is 304 g/mol. The fraction of sp³-hybridized carbons (Fsp3) is 0.579. The number of carbonyl (C=O) groups is 2. The molecule has 1 N–H and O–H groups in total. The van der Waals surface area contributed by atoms with Crippen molar-refractivity contribution in [3.8, 4) is 5.75 Å². The molecule has 1 heterocycles. The molecule has 24 heavy (non-hydrogen) atoms. The number of hydrogen-bond donors (Lipinski definition) is 1. The van der Waals surface area contributed by atoms with Crippen molar-refractivity contribution in [3.05, 3.63) is 29.8 Å². The zero-order valence-electron chi connectivity index (χ0n) is 14.7. The Morgan fingerprint density at radius 3 is 2.83 bits per heavy atom. The van der Waals surface area contributed by atoms with Gasteiger partial charge in [-0.15, -0.1) is 0 Å². The van der Waals surface area contributed by atoms with Gasteiger partial charge in [-0.2, -0.15) is 0 Å². The van der Waals surface area contributed by atoms with Crippen LogP contribution in [0.25, 0.3) is 0 Å². The topological polar surface area (TPSA) is 58.6 Å². The maximum atomic E-state index is 12.8. The second-order valence-corrected chi connectivity index (χ2v) is 6.24. The number of nitrogens with one attached hydrogen (secondary N) is 1. The Morgan fingerprint density at radius 2 is 2.08 bits per heavy atom. The van der Waals surface area contributed by atoms with Gasteiger partial charge in [0, 0.05) is 26.1 Å². The van der Waals surface area contributed by atoms with Crippen molar-refractivity contribution in [2.75, 3.05) is 26.2 Å². The zero-order valence-corrected chi connectivity index (χ0v) is 14.7. The highest BCUT2D eigenvalue weighted by molar-refractivity contribution is 5.97. The first-order chi connectivity index (χ1) is 11.7. The van der Waals surface area contributed by atoms with Gasteiger partial charge in [0.2, 0.25) is 5.91 Å². The van der Waals surface area contributed by atoms with E-state index in [1.54, 1.807) is 0 Å². The smallest absolute Gasteiger partial charge is 0.257 e. The highest BCUT2D eigenvalue weighted by Gasteiger charge is 2.26. The molecule has 1 fully saturated rings. The molecule has 1 aliphatic rings. The molecule has 2 rings (SSSR count). The van der Waals surface area contributed by atoms with Crippen molar-refractivity contribution < 1.29 is 14.3 Å². The lowest BCUT2D eigenvalue weighted by atomic mass is 9.97. The third-order valence-electron chi connectivity index (χ3n) is 4.29. The molecule has 0 radical (unpaired) electrons. The molecule has 5 nitrogen and oxygen atoms in total. The summed E-state index contributed by atoms with van der Waals surface area (Å²) in [6, 6.07) is 7.40. The van der Waals surface area contributed by atoms with E-state index in [4.69, 9.17) is 4.74 Å². The van der Waals surface area contributed by atoms with Gasteiger partial charge < -0.3 is 15.0 Å². The fourth-order valence-corrected chi connectivity index (χ4v) is 3.08. The van der Waals surface area contributed by atoms with Gasteiger partial charge in [0.15, 0.2) is 0 Å². The monoisotopic (exact) mass is 332 g/mol. The maximum Gasteiger partial charge on any atom is 0.257 e. The highest BCUT2D eigenvalue weighted by Crippen LogP contribution is 2.23. The second kappa shape index (κ2) is 9.30. The molecule has 0 aliphatic carbocycles. The lowest BCUT2D eigenvalue weighted by molar-refractivity contribution is -0.121.